The SMILES string of the molecule is Cc1ccc(C(=O)c2ccccc2C(=O)Nc2ccc(CN3CCOCC3)cc2)cc1. The molecule has 5 nitrogen and oxygen atoms in total. The Kier molecular flexibility index (Phi) is 6.55. The predicted molar refractivity (Wildman–Crippen MR) is 122 cm³/mol. The predicted octanol–water partition coefficient (Wildman–Crippen LogP) is 4.31. The molecule has 1 amide bonds. The van der Waals surface area contributed by atoms with Crippen molar-refractivity contribution >= 4 is 17.4 Å². The van der Waals surface area contributed by atoms with E-state index in [0.717, 1.165) is 38.4 Å². The van der Waals surface area contributed by atoms with Crippen LogP contribution < -0.4 is 5.32 Å². The number of aryl methyl sites for hydroxylation is 1. The number of nitrogens with zero attached hydrogens (tertiary/aromatic N) is 1. The summed E-state index contributed by atoms with van der Waals surface area (Å²) in [7, 11) is 0. The van der Waals surface area contributed by atoms with Crippen LogP contribution in [0.2, 0.25) is 0 Å². The van der Waals surface area contributed by atoms with Crippen molar-refractivity contribution in [3.8, 4) is 0 Å². The van der Waals surface area contributed by atoms with Gasteiger partial charge in [0.25, 0.3) is 5.91 Å². The average Bonchev–Trinajstić information content (AvgIpc) is 2.81. The zero-order valence-corrected chi connectivity index (χ0v) is 17.6. The van der Waals surface area contributed by atoms with Gasteiger partial charge in [0.15, 0.2) is 5.78 Å². The normalized spacial score (nSPS) is 14.2. The Labute approximate surface area is 182 Å². The van der Waals surface area contributed by atoms with Crippen molar-refractivity contribution in [3.05, 3.63) is 101 Å². The molecule has 1 aliphatic heterocycles. The van der Waals surface area contributed by atoms with Crippen LogP contribution in [-0.4, -0.2) is 42.9 Å². The number of amides is 1. The molecule has 0 aromatic heterocycles. The van der Waals surface area contributed by atoms with Gasteiger partial charge in [0.1, 0.15) is 0 Å². The number of anilines is 1. The Morgan fingerprint density at radius 3 is 2.19 bits per heavy atom. The summed E-state index contributed by atoms with van der Waals surface area (Å²) in [6.45, 7) is 6.26. The number of carbonyl (C=O) groups excluding carboxylic acids is 2. The van der Waals surface area contributed by atoms with Crippen molar-refractivity contribution in [1.82, 2.24) is 4.90 Å². The first kappa shape index (κ1) is 21.0. The molecular weight excluding hydrogens is 388 g/mol. The van der Waals surface area contributed by atoms with Crippen molar-refractivity contribution in [2.75, 3.05) is 31.6 Å². The van der Waals surface area contributed by atoms with Crippen LogP contribution in [0, 0.1) is 6.92 Å². The molecule has 1 aliphatic rings. The van der Waals surface area contributed by atoms with E-state index in [0.29, 0.717) is 22.4 Å². The van der Waals surface area contributed by atoms with Crippen molar-refractivity contribution in [2.24, 2.45) is 0 Å². The van der Waals surface area contributed by atoms with Gasteiger partial charge in [-0.2, -0.15) is 0 Å². The highest BCUT2D eigenvalue weighted by Crippen LogP contribution is 2.18. The number of ketones is 1. The molecule has 0 spiro atoms. The Morgan fingerprint density at radius 1 is 0.871 bits per heavy atom. The lowest BCUT2D eigenvalue weighted by atomic mass is 9.97. The fourth-order valence-corrected chi connectivity index (χ4v) is 3.65. The molecule has 0 aliphatic carbocycles. The molecule has 5 heteroatoms. The third-order valence-corrected chi connectivity index (χ3v) is 5.45. The van der Waals surface area contributed by atoms with Crippen LogP contribution in [0.4, 0.5) is 5.69 Å². The molecule has 0 bridgehead atoms. The summed E-state index contributed by atoms with van der Waals surface area (Å²) in [5.74, 6) is -0.455. The summed E-state index contributed by atoms with van der Waals surface area (Å²) in [6, 6.07) is 22.2. The number of nitrogens with one attached hydrogen (secondary N) is 1. The van der Waals surface area contributed by atoms with E-state index in [9.17, 15) is 9.59 Å². The quantitative estimate of drug-likeness (QED) is 0.611. The molecule has 1 heterocycles. The topological polar surface area (TPSA) is 58.6 Å². The maximum Gasteiger partial charge on any atom is 0.256 e. The monoisotopic (exact) mass is 414 g/mol. The van der Waals surface area contributed by atoms with Crippen molar-refractivity contribution in [3.63, 3.8) is 0 Å². The number of carbonyl (C=O) groups is 2. The molecule has 0 saturated carbocycles. The fourth-order valence-electron chi connectivity index (χ4n) is 3.65. The van der Waals surface area contributed by atoms with Gasteiger partial charge in [-0.3, -0.25) is 14.5 Å². The molecule has 31 heavy (non-hydrogen) atoms. The standard InChI is InChI=1S/C26H26N2O3/c1-19-6-10-21(11-7-19)25(29)23-4-2-3-5-24(23)26(30)27-22-12-8-20(9-13-22)18-28-14-16-31-17-15-28/h2-13H,14-18H2,1H3,(H,27,30). The summed E-state index contributed by atoms with van der Waals surface area (Å²) >= 11 is 0. The average molecular weight is 415 g/mol. The molecule has 1 saturated heterocycles. The van der Waals surface area contributed by atoms with Gasteiger partial charge in [-0.1, -0.05) is 60.2 Å². The smallest absolute Gasteiger partial charge is 0.256 e. The van der Waals surface area contributed by atoms with Crippen molar-refractivity contribution < 1.29 is 14.3 Å². The van der Waals surface area contributed by atoms with E-state index in [1.165, 1.54) is 5.56 Å². The third kappa shape index (κ3) is 5.26. The van der Waals surface area contributed by atoms with Crippen LogP contribution in [0.5, 0.6) is 0 Å². The molecule has 0 atom stereocenters. The van der Waals surface area contributed by atoms with Gasteiger partial charge >= 0.3 is 0 Å². The summed E-state index contributed by atoms with van der Waals surface area (Å²) < 4.78 is 5.39. The molecule has 158 valence electrons. The molecule has 0 unspecified atom stereocenters. The highest BCUT2D eigenvalue weighted by Gasteiger charge is 2.18. The van der Waals surface area contributed by atoms with Gasteiger partial charge < -0.3 is 10.1 Å². The molecule has 1 N–H and O–H groups in total. The number of hydrogen-bond donors (Lipinski definition) is 1. The highest BCUT2D eigenvalue weighted by molar-refractivity contribution is 6.17. The van der Waals surface area contributed by atoms with Gasteiger partial charge in [-0.25, -0.2) is 0 Å². The van der Waals surface area contributed by atoms with E-state index in [-0.39, 0.29) is 11.7 Å². The Morgan fingerprint density at radius 2 is 1.52 bits per heavy atom. The minimum absolute atomic E-state index is 0.161. The molecule has 0 radical (unpaired) electrons. The van der Waals surface area contributed by atoms with Crippen LogP contribution in [0.25, 0.3) is 0 Å². The number of morpholine rings is 1. The highest BCUT2D eigenvalue weighted by atomic mass is 16.5. The number of benzene rings is 3. The Hall–Kier alpha value is -3.28. The van der Waals surface area contributed by atoms with E-state index >= 15 is 0 Å². The third-order valence-electron chi connectivity index (χ3n) is 5.45. The number of ether oxygens (including phenoxy) is 1. The molecule has 3 aromatic rings. The lowest BCUT2D eigenvalue weighted by molar-refractivity contribution is 0.0342. The van der Waals surface area contributed by atoms with Gasteiger partial charge in [0, 0.05) is 36.4 Å². The summed E-state index contributed by atoms with van der Waals surface area (Å²) in [5.41, 5.74) is 4.30. The first-order valence-corrected chi connectivity index (χ1v) is 10.5. The van der Waals surface area contributed by atoms with E-state index in [4.69, 9.17) is 4.74 Å². The van der Waals surface area contributed by atoms with E-state index in [2.05, 4.69) is 10.2 Å². The second-order valence-corrected chi connectivity index (χ2v) is 7.78. The summed E-state index contributed by atoms with van der Waals surface area (Å²) in [6.07, 6.45) is 0. The van der Waals surface area contributed by atoms with Crippen molar-refractivity contribution in [2.45, 2.75) is 13.5 Å². The van der Waals surface area contributed by atoms with Crippen LogP contribution in [-0.2, 0) is 11.3 Å². The fraction of sp³-hybridized carbons (Fsp3) is 0.231. The first-order valence-electron chi connectivity index (χ1n) is 10.5. The number of rotatable bonds is 6. The summed E-state index contributed by atoms with van der Waals surface area (Å²) in [4.78, 5) is 28.3. The Bertz CT molecular complexity index is 1050. The maximum absolute atomic E-state index is 13.0. The number of hydrogen-bond acceptors (Lipinski definition) is 4. The van der Waals surface area contributed by atoms with Gasteiger partial charge in [0.05, 0.1) is 18.8 Å². The van der Waals surface area contributed by atoms with Gasteiger partial charge in [-0.15, -0.1) is 0 Å². The Balaban J connectivity index is 1.46. The van der Waals surface area contributed by atoms with Crippen LogP contribution in [0.15, 0.2) is 72.8 Å². The maximum atomic E-state index is 13.0. The van der Waals surface area contributed by atoms with Gasteiger partial charge in [-0.05, 0) is 30.7 Å². The van der Waals surface area contributed by atoms with Gasteiger partial charge in [0.2, 0.25) is 0 Å². The zero-order chi connectivity index (χ0) is 21.6. The largest absolute Gasteiger partial charge is 0.379 e. The van der Waals surface area contributed by atoms with Crippen molar-refractivity contribution in [1.29, 1.82) is 0 Å². The van der Waals surface area contributed by atoms with E-state index in [1.807, 2.05) is 43.3 Å². The van der Waals surface area contributed by atoms with Crippen LogP contribution in [0.1, 0.15) is 37.4 Å². The first-order chi connectivity index (χ1) is 15.1. The molecular formula is C26H26N2O3. The molecule has 4 rings (SSSR count). The van der Waals surface area contributed by atoms with E-state index in [1.54, 1.807) is 36.4 Å². The molecule has 1 fully saturated rings. The molecule has 3 aromatic carbocycles. The minimum atomic E-state index is -0.294. The summed E-state index contributed by atoms with van der Waals surface area (Å²) in [5, 5.41) is 2.92. The zero-order valence-electron chi connectivity index (χ0n) is 17.6. The van der Waals surface area contributed by atoms with Crippen LogP contribution in [0.3, 0.4) is 0 Å². The lowest BCUT2D eigenvalue weighted by Crippen LogP contribution is -2.35. The second kappa shape index (κ2) is 9.69. The minimum Gasteiger partial charge on any atom is -0.379 e. The second-order valence-electron chi connectivity index (χ2n) is 7.78. The lowest BCUT2D eigenvalue weighted by Gasteiger charge is -2.26. The van der Waals surface area contributed by atoms with E-state index < -0.39 is 0 Å². The van der Waals surface area contributed by atoms with Crippen LogP contribution >= 0.6 is 0 Å².